The van der Waals surface area contributed by atoms with E-state index in [0.717, 1.165) is 15.6 Å². The van der Waals surface area contributed by atoms with Gasteiger partial charge in [0.15, 0.2) is 0 Å². The monoisotopic (exact) mass is 408 g/mol. The van der Waals surface area contributed by atoms with Crippen LogP contribution in [0.15, 0.2) is 65.8 Å². The standard InChI is InChI=1S/C22H20N2O4S/c1-27-21(26)22(12-15-7-3-2-4-8-15)13-17(24-28-22)14-23-20(25)19-11-16-9-5-6-10-18(16)29-19/h2-11H,12-14H2,1H3,(H,23,25). The molecule has 29 heavy (non-hydrogen) atoms. The fraction of sp³-hybridized carbons (Fsp3) is 0.227. The molecular formula is C22H20N2O4S. The number of nitrogens with zero attached hydrogens (tertiary/aromatic N) is 1. The number of esters is 1. The van der Waals surface area contributed by atoms with E-state index in [2.05, 4.69) is 10.5 Å². The number of carbonyl (C=O) groups is 2. The molecule has 0 saturated heterocycles. The van der Waals surface area contributed by atoms with Crippen LogP contribution >= 0.6 is 11.3 Å². The van der Waals surface area contributed by atoms with E-state index < -0.39 is 11.6 Å². The van der Waals surface area contributed by atoms with E-state index in [0.29, 0.717) is 17.0 Å². The molecule has 1 atom stereocenters. The largest absolute Gasteiger partial charge is 0.466 e. The number of oxime groups is 1. The molecule has 0 radical (unpaired) electrons. The summed E-state index contributed by atoms with van der Waals surface area (Å²) in [6.45, 7) is 0.209. The lowest BCUT2D eigenvalue weighted by molar-refractivity contribution is -0.166. The molecule has 0 aliphatic carbocycles. The molecule has 1 aromatic heterocycles. The highest BCUT2D eigenvalue weighted by Gasteiger charge is 2.47. The normalized spacial score (nSPS) is 18.2. The summed E-state index contributed by atoms with van der Waals surface area (Å²) in [7, 11) is 1.33. The molecule has 1 N–H and O–H groups in total. The predicted molar refractivity (Wildman–Crippen MR) is 112 cm³/mol. The molecule has 1 unspecified atom stereocenters. The lowest BCUT2D eigenvalue weighted by Crippen LogP contribution is -2.43. The number of fused-ring (bicyclic) bond motifs is 1. The molecule has 6 nitrogen and oxygen atoms in total. The molecular weight excluding hydrogens is 388 g/mol. The Morgan fingerprint density at radius 3 is 2.69 bits per heavy atom. The van der Waals surface area contributed by atoms with Gasteiger partial charge in [-0.05, 0) is 23.1 Å². The van der Waals surface area contributed by atoms with Gasteiger partial charge in [0.05, 0.1) is 24.2 Å². The van der Waals surface area contributed by atoms with Gasteiger partial charge in [0.25, 0.3) is 5.91 Å². The van der Waals surface area contributed by atoms with Crippen LogP contribution in [-0.4, -0.2) is 36.8 Å². The van der Waals surface area contributed by atoms with Crippen molar-refractivity contribution in [2.24, 2.45) is 5.16 Å². The number of amides is 1. The number of thiophene rings is 1. The smallest absolute Gasteiger partial charge is 0.353 e. The second-order valence-electron chi connectivity index (χ2n) is 6.90. The molecule has 148 valence electrons. The van der Waals surface area contributed by atoms with Crippen molar-refractivity contribution in [1.29, 1.82) is 0 Å². The Kier molecular flexibility index (Phi) is 5.31. The van der Waals surface area contributed by atoms with E-state index in [1.54, 1.807) is 0 Å². The molecule has 2 aromatic carbocycles. The van der Waals surface area contributed by atoms with Crippen molar-refractivity contribution in [1.82, 2.24) is 5.32 Å². The summed E-state index contributed by atoms with van der Waals surface area (Å²) in [5, 5.41) is 7.98. The molecule has 2 heterocycles. The lowest BCUT2D eigenvalue weighted by Gasteiger charge is -2.23. The molecule has 3 aromatic rings. The van der Waals surface area contributed by atoms with Crippen molar-refractivity contribution < 1.29 is 19.2 Å². The van der Waals surface area contributed by atoms with Crippen molar-refractivity contribution >= 4 is 39.0 Å². The number of methoxy groups -OCH3 is 1. The number of hydrogen-bond acceptors (Lipinski definition) is 6. The summed E-state index contributed by atoms with van der Waals surface area (Å²) >= 11 is 1.44. The van der Waals surface area contributed by atoms with Crippen LogP contribution < -0.4 is 5.32 Å². The SMILES string of the molecule is COC(=O)C1(Cc2ccccc2)CC(CNC(=O)c2cc3ccccc3s2)=NO1. The average Bonchev–Trinajstić information content (AvgIpc) is 3.37. The highest BCUT2D eigenvalue weighted by Crippen LogP contribution is 2.30. The first-order valence-corrected chi connectivity index (χ1v) is 10.0. The van der Waals surface area contributed by atoms with Gasteiger partial charge < -0.3 is 14.9 Å². The quantitative estimate of drug-likeness (QED) is 0.633. The molecule has 0 bridgehead atoms. The number of rotatable bonds is 6. The van der Waals surface area contributed by atoms with Crippen molar-refractivity contribution in [3.8, 4) is 0 Å². The van der Waals surface area contributed by atoms with Crippen LogP contribution in [-0.2, 0) is 20.8 Å². The molecule has 1 amide bonds. The maximum Gasteiger partial charge on any atom is 0.353 e. The third kappa shape index (κ3) is 4.00. The van der Waals surface area contributed by atoms with E-state index in [4.69, 9.17) is 9.57 Å². The molecule has 0 spiro atoms. The topological polar surface area (TPSA) is 77.0 Å². The second kappa shape index (κ2) is 8.05. The Bertz CT molecular complexity index is 1040. The zero-order valence-electron chi connectivity index (χ0n) is 15.9. The Morgan fingerprint density at radius 2 is 1.93 bits per heavy atom. The van der Waals surface area contributed by atoms with Crippen LogP contribution in [0.2, 0.25) is 0 Å². The summed E-state index contributed by atoms with van der Waals surface area (Å²) in [6, 6.07) is 19.3. The van der Waals surface area contributed by atoms with E-state index >= 15 is 0 Å². The van der Waals surface area contributed by atoms with E-state index in [9.17, 15) is 9.59 Å². The van der Waals surface area contributed by atoms with Gasteiger partial charge in [0.1, 0.15) is 0 Å². The van der Waals surface area contributed by atoms with E-state index in [-0.39, 0.29) is 18.9 Å². The summed E-state index contributed by atoms with van der Waals surface area (Å²) in [5.41, 5.74) is 0.345. The Morgan fingerprint density at radius 1 is 1.17 bits per heavy atom. The Balaban J connectivity index is 1.42. The number of nitrogens with one attached hydrogen (secondary N) is 1. The number of carbonyl (C=O) groups excluding carboxylic acids is 2. The average molecular weight is 408 g/mol. The molecule has 1 aliphatic heterocycles. The highest BCUT2D eigenvalue weighted by atomic mass is 32.1. The van der Waals surface area contributed by atoms with Gasteiger partial charge in [0.2, 0.25) is 5.60 Å². The fourth-order valence-corrected chi connectivity index (χ4v) is 4.37. The van der Waals surface area contributed by atoms with E-state index in [1.165, 1.54) is 18.4 Å². The van der Waals surface area contributed by atoms with Crippen molar-refractivity contribution in [3.63, 3.8) is 0 Å². The van der Waals surface area contributed by atoms with Gasteiger partial charge in [0, 0.05) is 17.5 Å². The van der Waals surface area contributed by atoms with Crippen LogP contribution in [0.5, 0.6) is 0 Å². The fourth-order valence-electron chi connectivity index (χ4n) is 3.39. The van der Waals surface area contributed by atoms with E-state index in [1.807, 2.05) is 60.7 Å². The minimum absolute atomic E-state index is 0.174. The zero-order chi connectivity index (χ0) is 20.3. The van der Waals surface area contributed by atoms with Gasteiger partial charge in [-0.25, -0.2) is 4.79 Å². The van der Waals surface area contributed by atoms with Gasteiger partial charge >= 0.3 is 5.97 Å². The predicted octanol–water partition coefficient (Wildman–Crippen LogP) is 3.56. The third-order valence-corrected chi connectivity index (χ3v) is 5.95. The number of ether oxygens (including phenoxy) is 1. The molecule has 1 aliphatic rings. The molecule has 0 fully saturated rings. The van der Waals surface area contributed by atoms with Crippen LogP contribution in [0.3, 0.4) is 0 Å². The van der Waals surface area contributed by atoms with Crippen LogP contribution in [0, 0.1) is 0 Å². The summed E-state index contributed by atoms with van der Waals surface area (Å²) in [5.74, 6) is -0.650. The Hall–Kier alpha value is -3.19. The lowest BCUT2D eigenvalue weighted by atomic mass is 9.89. The second-order valence-corrected chi connectivity index (χ2v) is 7.99. The van der Waals surface area contributed by atoms with Gasteiger partial charge in [-0.1, -0.05) is 53.7 Å². The summed E-state index contributed by atoms with van der Waals surface area (Å²) < 4.78 is 6.03. The maximum absolute atomic E-state index is 12.5. The first kappa shape index (κ1) is 19.1. The Labute approximate surface area is 172 Å². The van der Waals surface area contributed by atoms with Gasteiger partial charge in [-0.3, -0.25) is 4.79 Å². The first-order chi connectivity index (χ1) is 14.1. The molecule has 0 saturated carbocycles. The minimum atomic E-state index is -1.20. The minimum Gasteiger partial charge on any atom is -0.466 e. The zero-order valence-corrected chi connectivity index (χ0v) is 16.7. The number of benzene rings is 2. The first-order valence-electron chi connectivity index (χ1n) is 9.23. The maximum atomic E-state index is 12.5. The van der Waals surface area contributed by atoms with Crippen molar-refractivity contribution in [2.75, 3.05) is 13.7 Å². The molecule has 7 heteroatoms. The van der Waals surface area contributed by atoms with Crippen molar-refractivity contribution in [3.05, 3.63) is 71.1 Å². The summed E-state index contributed by atoms with van der Waals surface area (Å²) in [4.78, 5) is 31.2. The van der Waals surface area contributed by atoms with Crippen LogP contribution in [0.25, 0.3) is 10.1 Å². The van der Waals surface area contributed by atoms with Gasteiger partial charge in [-0.15, -0.1) is 11.3 Å². The van der Waals surface area contributed by atoms with Crippen molar-refractivity contribution in [2.45, 2.75) is 18.4 Å². The highest BCUT2D eigenvalue weighted by molar-refractivity contribution is 7.20. The summed E-state index contributed by atoms with van der Waals surface area (Å²) in [6.07, 6.45) is 0.610. The third-order valence-electron chi connectivity index (χ3n) is 4.83. The van der Waals surface area contributed by atoms with Crippen LogP contribution in [0.4, 0.5) is 0 Å². The van der Waals surface area contributed by atoms with Gasteiger partial charge in [-0.2, -0.15) is 0 Å². The number of hydrogen-bond donors (Lipinski definition) is 1. The van der Waals surface area contributed by atoms with Crippen LogP contribution in [0.1, 0.15) is 21.7 Å². The molecule has 4 rings (SSSR count).